The minimum atomic E-state index is -0.266. The number of esters is 1. The topological polar surface area (TPSA) is 55.4 Å². The van der Waals surface area contributed by atoms with Crippen molar-refractivity contribution in [3.63, 3.8) is 0 Å². The third-order valence-corrected chi connectivity index (χ3v) is 3.13. The zero-order valence-electron chi connectivity index (χ0n) is 11.8. The maximum absolute atomic E-state index is 11.5. The molecule has 1 rings (SSSR count). The van der Waals surface area contributed by atoms with Gasteiger partial charge in [0.1, 0.15) is 0 Å². The SMILES string of the molecule is COC(=O)CCCNC(=O)/C=C\C=C\c1ccc(Br)cc1. The molecule has 1 aromatic rings. The number of carbonyl (C=O) groups is 2. The van der Waals surface area contributed by atoms with Gasteiger partial charge in [-0.3, -0.25) is 9.59 Å². The van der Waals surface area contributed by atoms with Crippen molar-refractivity contribution in [3.8, 4) is 0 Å². The maximum Gasteiger partial charge on any atom is 0.305 e. The highest BCUT2D eigenvalue weighted by atomic mass is 79.9. The van der Waals surface area contributed by atoms with Crippen LogP contribution in [0.5, 0.6) is 0 Å². The molecule has 0 heterocycles. The van der Waals surface area contributed by atoms with Crippen LogP contribution in [-0.4, -0.2) is 25.5 Å². The summed E-state index contributed by atoms with van der Waals surface area (Å²) in [7, 11) is 1.35. The van der Waals surface area contributed by atoms with E-state index >= 15 is 0 Å². The Labute approximate surface area is 133 Å². The van der Waals surface area contributed by atoms with E-state index in [9.17, 15) is 9.59 Å². The van der Waals surface area contributed by atoms with Gasteiger partial charge in [-0.15, -0.1) is 0 Å². The number of carbonyl (C=O) groups excluding carboxylic acids is 2. The molecule has 0 bridgehead atoms. The van der Waals surface area contributed by atoms with Crippen molar-refractivity contribution in [1.82, 2.24) is 5.32 Å². The van der Waals surface area contributed by atoms with Crippen LogP contribution in [0.25, 0.3) is 6.08 Å². The third kappa shape index (κ3) is 8.09. The first-order chi connectivity index (χ1) is 10.1. The number of amides is 1. The summed E-state index contributed by atoms with van der Waals surface area (Å²) in [6.45, 7) is 0.453. The predicted octanol–water partition coefficient (Wildman–Crippen LogP) is 3.09. The van der Waals surface area contributed by atoms with Crippen molar-refractivity contribution in [2.75, 3.05) is 13.7 Å². The summed E-state index contributed by atoms with van der Waals surface area (Å²) in [6.07, 6.45) is 7.72. The van der Waals surface area contributed by atoms with Gasteiger partial charge in [0.15, 0.2) is 0 Å². The molecule has 1 aromatic carbocycles. The summed E-state index contributed by atoms with van der Waals surface area (Å²) in [5.74, 6) is -0.447. The number of benzene rings is 1. The van der Waals surface area contributed by atoms with Crippen LogP contribution in [0.4, 0.5) is 0 Å². The zero-order valence-corrected chi connectivity index (χ0v) is 13.4. The number of methoxy groups -OCH3 is 1. The smallest absolute Gasteiger partial charge is 0.305 e. The summed E-state index contributed by atoms with van der Waals surface area (Å²) in [4.78, 5) is 22.3. The van der Waals surface area contributed by atoms with Gasteiger partial charge in [0.25, 0.3) is 0 Å². The Kier molecular flexibility index (Phi) is 8.12. The molecule has 5 heteroatoms. The first-order valence-electron chi connectivity index (χ1n) is 6.57. The van der Waals surface area contributed by atoms with E-state index in [0.29, 0.717) is 19.4 Å². The lowest BCUT2D eigenvalue weighted by molar-refractivity contribution is -0.140. The van der Waals surface area contributed by atoms with Gasteiger partial charge >= 0.3 is 5.97 Å². The minimum Gasteiger partial charge on any atom is -0.469 e. The number of rotatable bonds is 7. The van der Waals surface area contributed by atoms with E-state index in [1.165, 1.54) is 13.2 Å². The van der Waals surface area contributed by atoms with Crippen molar-refractivity contribution in [2.45, 2.75) is 12.8 Å². The second-order valence-corrected chi connectivity index (χ2v) is 5.16. The van der Waals surface area contributed by atoms with E-state index in [0.717, 1.165) is 10.0 Å². The van der Waals surface area contributed by atoms with Crippen LogP contribution in [0.3, 0.4) is 0 Å². The molecule has 0 aromatic heterocycles. The van der Waals surface area contributed by atoms with Crippen molar-refractivity contribution in [2.24, 2.45) is 0 Å². The van der Waals surface area contributed by atoms with Crippen LogP contribution >= 0.6 is 15.9 Å². The molecule has 0 radical (unpaired) electrons. The second kappa shape index (κ2) is 9.94. The van der Waals surface area contributed by atoms with Crippen LogP contribution in [-0.2, 0) is 14.3 Å². The Morgan fingerprint density at radius 3 is 2.62 bits per heavy atom. The van der Waals surface area contributed by atoms with Crippen LogP contribution in [0.15, 0.2) is 47.0 Å². The molecule has 0 saturated carbocycles. The standard InChI is InChI=1S/C16H18BrNO3/c1-21-16(20)7-4-12-18-15(19)6-3-2-5-13-8-10-14(17)11-9-13/h2-3,5-6,8-11H,4,7,12H2,1H3,(H,18,19)/b5-2+,6-3-. The Morgan fingerprint density at radius 1 is 1.24 bits per heavy atom. The molecule has 0 saturated heterocycles. The maximum atomic E-state index is 11.5. The van der Waals surface area contributed by atoms with Crippen LogP contribution in [0.2, 0.25) is 0 Å². The molecule has 112 valence electrons. The van der Waals surface area contributed by atoms with E-state index in [1.807, 2.05) is 30.3 Å². The van der Waals surface area contributed by atoms with Gasteiger partial charge < -0.3 is 10.1 Å². The number of hydrogen-bond acceptors (Lipinski definition) is 3. The van der Waals surface area contributed by atoms with Crippen molar-refractivity contribution in [3.05, 3.63) is 52.5 Å². The molecule has 4 nitrogen and oxygen atoms in total. The summed E-state index contributed by atoms with van der Waals surface area (Å²) in [5.41, 5.74) is 1.06. The molecule has 0 aliphatic carbocycles. The number of hydrogen-bond donors (Lipinski definition) is 1. The van der Waals surface area contributed by atoms with Gasteiger partial charge in [0.2, 0.25) is 5.91 Å². The van der Waals surface area contributed by atoms with Gasteiger partial charge in [-0.1, -0.05) is 46.3 Å². The fourth-order valence-electron chi connectivity index (χ4n) is 1.49. The Morgan fingerprint density at radius 2 is 1.95 bits per heavy atom. The Bertz CT molecular complexity index is 521. The molecule has 0 fully saturated rings. The molecule has 0 atom stereocenters. The van der Waals surface area contributed by atoms with E-state index < -0.39 is 0 Å². The van der Waals surface area contributed by atoms with Crippen molar-refractivity contribution >= 4 is 33.9 Å². The molecule has 0 spiro atoms. The zero-order chi connectivity index (χ0) is 15.5. The molecule has 1 N–H and O–H groups in total. The van der Waals surface area contributed by atoms with E-state index in [2.05, 4.69) is 26.0 Å². The highest BCUT2D eigenvalue weighted by Gasteiger charge is 1.99. The lowest BCUT2D eigenvalue weighted by Gasteiger charge is -2.00. The predicted molar refractivity (Wildman–Crippen MR) is 86.6 cm³/mol. The lowest BCUT2D eigenvalue weighted by atomic mass is 10.2. The highest BCUT2D eigenvalue weighted by Crippen LogP contribution is 2.11. The second-order valence-electron chi connectivity index (χ2n) is 4.24. The van der Waals surface area contributed by atoms with Crippen LogP contribution in [0, 0.1) is 0 Å². The van der Waals surface area contributed by atoms with Crippen molar-refractivity contribution < 1.29 is 14.3 Å². The summed E-state index contributed by atoms with van der Waals surface area (Å²) in [6, 6.07) is 7.86. The van der Waals surface area contributed by atoms with Crippen molar-refractivity contribution in [1.29, 1.82) is 0 Å². The number of ether oxygens (including phenoxy) is 1. The molecule has 0 aliphatic heterocycles. The third-order valence-electron chi connectivity index (χ3n) is 2.60. The summed E-state index contributed by atoms with van der Waals surface area (Å²) in [5, 5.41) is 2.69. The minimum absolute atomic E-state index is 0.180. The van der Waals surface area contributed by atoms with Gasteiger partial charge in [0.05, 0.1) is 7.11 Å². The van der Waals surface area contributed by atoms with Crippen LogP contribution < -0.4 is 5.32 Å². The van der Waals surface area contributed by atoms with Gasteiger partial charge in [-0.25, -0.2) is 0 Å². The molecule has 1 amide bonds. The average molecular weight is 352 g/mol. The quantitative estimate of drug-likeness (QED) is 0.355. The highest BCUT2D eigenvalue weighted by molar-refractivity contribution is 9.10. The Balaban J connectivity index is 2.24. The van der Waals surface area contributed by atoms with Gasteiger partial charge in [0, 0.05) is 23.5 Å². The number of allylic oxidation sites excluding steroid dienone is 2. The normalized spacial score (nSPS) is 11.0. The van der Waals surface area contributed by atoms with Gasteiger partial charge in [-0.2, -0.15) is 0 Å². The summed E-state index contributed by atoms with van der Waals surface area (Å²) >= 11 is 3.37. The van der Waals surface area contributed by atoms with Crippen LogP contribution in [0.1, 0.15) is 18.4 Å². The fraction of sp³-hybridized carbons (Fsp3) is 0.250. The van der Waals surface area contributed by atoms with E-state index in [1.54, 1.807) is 12.2 Å². The van der Waals surface area contributed by atoms with E-state index in [-0.39, 0.29) is 11.9 Å². The molecular weight excluding hydrogens is 334 g/mol. The Hall–Kier alpha value is -1.88. The summed E-state index contributed by atoms with van der Waals surface area (Å²) < 4.78 is 5.54. The number of halogens is 1. The fourth-order valence-corrected chi connectivity index (χ4v) is 1.75. The molecule has 0 aliphatic rings. The lowest BCUT2D eigenvalue weighted by Crippen LogP contribution is -2.22. The molecule has 0 unspecified atom stereocenters. The molecular formula is C16H18BrNO3. The first-order valence-corrected chi connectivity index (χ1v) is 7.36. The largest absolute Gasteiger partial charge is 0.469 e. The van der Waals surface area contributed by atoms with Gasteiger partial charge in [-0.05, 0) is 24.1 Å². The number of nitrogens with one attached hydrogen (secondary N) is 1. The van der Waals surface area contributed by atoms with E-state index in [4.69, 9.17) is 0 Å². The first kappa shape index (κ1) is 17.2. The average Bonchev–Trinajstić information content (AvgIpc) is 2.49. The monoisotopic (exact) mass is 351 g/mol. The molecule has 21 heavy (non-hydrogen) atoms.